The van der Waals surface area contributed by atoms with Crippen LogP contribution in [0.5, 0.6) is 0 Å². The molecule has 0 atom stereocenters. The van der Waals surface area contributed by atoms with Crippen molar-refractivity contribution in [2.75, 3.05) is 11.4 Å². The van der Waals surface area contributed by atoms with Gasteiger partial charge in [-0.15, -0.1) is 0 Å². The number of aryl methyl sites for hydroxylation is 3. The van der Waals surface area contributed by atoms with Crippen LogP contribution >= 0.6 is 0 Å². The molecule has 0 saturated carbocycles. The quantitative estimate of drug-likeness (QED) is 0.885. The molecule has 2 amide bonds. The van der Waals surface area contributed by atoms with E-state index in [1.165, 1.54) is 6.92 Å². The second kappa shape index (κ2) is 7.81. The molecule has 2 rings (SSSR count). The van der Waals surface area contributed by atoms with Gasteiger partial charge < -0.3 is 14.6 Å². The zero-order valence-corrected chi connectivity index (χ0v) is 14.7. The van der Waals surface area contributed by atoms with Crippen molar-refractivity contribution < 1.29 is 14.0 Å². The molecule has 5 nitrogen and oxygen atoms in total. The Hall–Kier alpha value is -2.56. The van der Waals surface area contributed by atoms with Crippen molar-refractivity contribution in [1.29, 1.82) is 0 Å². The van der Waals surface area contributed by atoms with E-state index in [0.29, 0.717) is 18.8 Å². The van der Waals surface area contributed by atoms with Gasteiger partial charge in [0.1, 0.15) is 5.76 Å². The maximum atomic E-state index is 12.1. The Morgan fingerprint density at radius 2 is 1.83 bits per heavy atom. The topological polar surface area (TPSA) is 62.6 Å². The van der Waals surface area contributed by atoms with Crippen LogP contribution in [-0.2, 0) is 16.1 Å². The number of benzene rings is 1. The average molecular weight is 328 g/mol. The molecule has 1 aromatic carbocycles. The molecule has 0 fully saturated rings. The number of nitrogens with one attached hydrogen (secondary N) is 1. The summed E-state index contributed by atoms with van der Waals surface area (Å²) in [6.07, 6.45) is 1.81. The van der Waals surface area contributed by atoms with Crippen molar-refractivity contribution >= 4 is 17.5 Å². The molecule has 1 N–H and O–H groups in total. The number of carbonyl (C=O) groups is 2. The molecule has 0 aliphatic rings. The van der Waals surface area contributed by atoms with Gasteiger partial charge in [-0.05, 0) is 44.0 Å². The fourth-order valence-corrected chi connectivity index (χ4v) is 2.93. The first-order valence-electron chi connectivity index (χ1n) is 8.03. The van der Waals surface area contributed by atoms with Gasteiger partial charge in [0.15, 0.2) is 0 Å². The van der Waals surface area contributed by atoms with Crippen LogP contribution in [0.1, 0.15) is 35.8 Å². The molecule has 128 valence electrons. The maximum absolute atomic E-state index is 12.1. The molecular formula is C19H24N2O3. The Morgan fingerprint density at radius 1 is 1.17 bits per heavy atom. The number of amides is 2. The highest BCUT2D eigenvalue weighted by molar-refractivity contribution is 5.94. The highest BCUT2D eigenvalue weighted by Gasteiger charge is 2.17. The zero-order chi connectivity index (χ0) is 17.7. The summed E-state index contributed by atoms with van der Waals surface area (Å²) in [7, 11) is 0. The second-order valence-corrected chi connectivity index (χ2v) is 6.02. The van der Waals surface area contributed by atoms with E-state index < -0.39 is 0 Å². The van der Waals surface area contributed by atoms with Crippen LogP contribution in [0.2, 0.25) is 0 Å². The van der Waals surface area contributed by atoms with Crippen molar-refractivity contribution in [2.45, 2.75) is 40.7 Å². The van der Waals surface area contributed by atoms with Gasteiger partial charge in [0.2, 0.25) is 11.8 Å². The minimum Gasteiger partial charge on any atom is -0.467 e. The molecule has 0 spiro atoms. The van der Waals surface area contributed by atoms with Gasteiger partial charge in [-0.1, -0.05) is 17.7 Å². The standard InChI is InChI=1S/C19H24N2O3/c1-13-10-14(2)19(15(3)11-13)21(16(4)22)8-7-18(23)20-12-17-6-5-9-24-17/h5-6,9-11H,7-8,12H2,1-4H3,(H,20,23). The summed E-state index contributed by atoms with van der Waals surface area (Å²) in [6.45, 7) is 8.24. The van der Waals surface area contributed by atoms with Crippen LogP contribution in [0.3, 0.4) is 0 Å². The van der Waals surface area contributed by atoms with Gasteiger partial charge in [0, 0.05) is 25.6 Å². The molecule has 0 aliphatic carbocycles. The zero-order valence-electron chi connectivity index (χ0n) is 14.7. The molecule has 0 bridgehead atoms. The first-order chi connectivity index (χ1) is 11.4. The summed E-state index contributed by atoms with van der Waals surface area (Å²) in [5, 5.41) is 2.80. The van der Waals surface area contributed by atoms with E-state index in [0.717, 1.165) is 22.4 Å². The van der Waals surface area contributed by atoms with Crippen LogP contribution in [0.4, 0.5) is 5.69 Å². The maximum Gasteiger partial charge on any atom is 0.223 e. The Balaban J connectivity index is 2.02. The van der Waals surface area contributed by atoms with Gasteiger partial charge in [0.25, 0.3) is 0 Å². The first kappa shape index (κ1) is 17.8. The van der Waals surface area contributed by atoms with Crippen molar-refractivity contribution in [2.24, 2.45) is 0 Å². The van der Waals surface area contributed by atoms with Crippen LogP contribution in [0.15, 0.2) is 34.9 Å². The summed E-state index contributed by atoms with van der Waals surface area (Å²) in [4.78, 5) is 25.8. The van der Waals surface area contributed by atoms with E-state index in [1.54, 1.807) is 23.3 Å². The van der Waals surface area contributed by atoms with E-state index in [9.17, 15) is 9.59 Å². The highest BCUT2D eigenvalue weighted by Crippen LogP contribution is 2.26. The minimum absolute atomic E-state index is 0.0658. The Bertz CT molecular complexity index is 697. The van der Waals surface area contributed by atoms with Crippen molar-refractivity contribution in [3.8, 4) is 0 Å². The van der Waals surface area contributed by atoms with Gasteiger partial charge in [0.05, 0.1) is 12.8 Å². The van der Waals surface area contributed by atoms with Crippen LogP contribution in [-0.4, -0.2) is 18.4 Å². The van der Waals surface area contributed by atoms with Crippen LogP contribution in [0, 0.1) is 20.8 Å². The molecule has 5 heteroatoms. The molecule has 0 unspecified atom stereocenters. The van der Waals surface area contributed by atoms with E-state index in [-0.39, 0.29) is 18.2 Å². The number of rotatable bonds is 6. The third-order valence-corrected chi connectivity index (χ3v) is 3.89. The monoisotopic (exact) mass is 328 g/mol. The molecule has 0 saturated heterocycles. The van der Waals surface area contributed by atoms with Gasteiger partial charge in [-0.25, -0.2) is 0 Å². The summed E-state index contributed by atoms with van der Waals surface area (Å²) >= 11 is 0. The molecule has 1 heterocycles. The SMILES string of the molecule is CC(=O)N(CCC(=O)NCc1ccco1)c1c(C)cc(C)cc1C. The fourth-order valence-electron chi connectivity index (χ4n) is 2.93. The number of hydrogen-bond acceptors (Lipinski definition) is 3. The number of anilines is 1. The summed E-state index contributed by atoms with van der Waals surface area (Å²) < 4.78 is 5.18. The number of furan rings is 1. The van der Waals surface area contributed by atoms with Gasteiger partial charge in [-0.3, -0.25) is 9.59 Å². The lowest BCUT2D eigenvalue weighted by Gasteiger charge is -2.25. The average Bonchev–Trinajstić information content (AvgIpc) is 3.00. The van der Waals surface area contributed by atoms with E-state index in [4.69, 9.17) is 4.42 Å². The van der Waals surface area contributed by atoms with Gasteiger partial charge in [-0.2, -0.15) is 0 Å². The summed E-state index contributed by atoms with van der Waals surface area (Å²) in [5.74, 6) is 0.529. The first-order valence-corrected chi connectivity index (χ1v) is 8.03. The minimum atomic E-state index is -0.111. The van der Waals surface area contributed by atoms with Crippen molar-refractivity contribution in [3.05, 3.63) is 53.0 Å². The smallest absolute Gasteiger partial charge is 0.223 e. The molecule has 0 aliphatic heterocycles. The number of carbonyl (C=O) groups excluding carboxylic acids is 2. The summed E-state index contributed by atoms with van der Waals surface area (Å²) in [6, 6.07) is 7.69. The molecule has 0 radical (unpaired) electrons. The Labute approximate surface area is 142 Å². The number of hydrogen-bond donors (Lipinski definition) is 1. The predicted molar refractivity (Wildman–Crippen MR) is 93.9 cm³/mol. The normalized spacial score (nSPS) is 10.5. The van der Waals surface area contributed by atoms with E-state index in [2.05, 4.69) is 17.4 Å². The van der Waals surface area contributed by atoms with E-state index >= 15 is 0 Å². The largest absolute Gasteiger partial charge is 0.467 e. The lowest BCUT2D eigenvalue weighted by Crippen LogP contribution is -2.34. The van der Waals surface area contributed by atoms with Crippen LogP contribution < -0.4 is 10.2 Å². The van der Waals surface area contributed by atoms with Gasteiger partial charge >= 0.3 is 0 Å². The second-order valence-electron chi connectivity index (χ2n) is 6.02. The lowest BCUT2D eigenvalue weighted by molar-refractivity contribution is -0.121. The molecular weight excluding hydrogens is 304 g/mol. The third-order valence-electron chi connectivity index (χ3n) is 3.89. The summed E-state index contributed by atoms with van der Waals surface area (Å²) in [5.41, 5.74) is 4.14. The van der Waals surface area contributed by atoms with Crippen LogP contribution in [0.25, 0.3) is 0 Å². The van der Waals surface area contributed by atoms with E-state index in [1.807, 2.05) is 20.8 Å². The van der Waals surface area contributed by atoms with Crippen molar-refractivity contribution in [1.82, 2.24) is 5.32 Å². The fraction of sp³-hybridized carbons (Fsp3) is 0.368. The van der Waals surface area contributed by atoms with Crippen molar-refractivity contribution in [3.63, 3.8) is 0 Å². The lowest BCUT2D eigenvalue weighted by atomic mass is 10.0. The molecule has 1 aromatic heterocycles. The molecule has 24 heavy (non-hydrogen) atoms. The third kappa shape index (κ3) is 4.47. The Kier molecular flexibility index (Phi) is 5.79. The Morgan fingerprint density at radius 3 is 2.38 bits per heavy atom. The molecule has 2 aromatic rings. The number of nitrogens with zero attached hydrogens (tertiary/aromatic N) is 1. The predicted octanol–water partition coefficient (Wildman–Crippen LogP) is 3.26. The highest BCUT2D eigenvalue weighted by atomic mass is 16.3.